The van der Waals surface area contributed by atoms with Crippen LogP contribution in [0, 0.1) is 0 Å². The molecule has 6 heteroatoms. The van der Waals surface area contributed by atoms with Crippen LogP contribution in [0.1, 0.15) is 43.0 Å². The minimum atomic E-state index is -0.411. The van der Waals surface area contributed by atoms with Crippen LogP contribution in [0.25, 0.3) is 0 Å². The summed E-state index contributed by atoms with van der Waals surface area (Å²) in [6.07, 6.45) is 2.70. The number of esters is 1. The number of hydrogen-bond donors (Lipinski definition) is 1. The highest BCUT2D eigenvalue weighted by Gasteiger charge is 2.23. The first-order chi connectivity index (χ1) is 11.0. The lowest BCUT2D eigenvalue weighted by molar-refractivity contribution is -0.148. The first-order valence-corrected chi connectivity index (χ1v) is 7.73. The van der Waals surface area contributed by atoms with Gasteiger partial charge in [-0.05, 0) is 50.5 Å². The number of amides is 1. The van der Waals surface area contributed by atoms with Crippen LogP contribution in [0.5, 0.6) is 5.75 Å². The Morgan fingerprint density at radius 3 is 2.48 bits per heavy atom. The van der Waals surface area contributed by atoms with Crippen molar-refractivity contribution in [3.8, 4) is 5.75 Å². The lowest BCUT2D eigenvalue weighted by atomic mass is 10.1. The van der Waals surface area contributed by atoms with Crippen LogP contribution in [-0.2, 0) is 14.3 Å². The van der Waals surface area contributed by atoms with E-state index < -0.39 is 5.97 Å². The maximum absolute atomic E-state index is 11.5. The van der Waals surface area contributed by atoms with Crippen molar-refractivity contribution < 1.29 is 23.9 Å². The molecule has 1 aromatic rings. The number of carbonyl (C=O) groups is 3. The molecule has 0 unspecified atom stereocenters. The summed E-state index contributed by atoms with van der Waals surface area (Å²) in [5, 5.41) is 2.75. The van der Waals surface area contributed by atoms with E-state index in [1.54, 1.807) is 24.3 Å². The number of benzene rings is 1. The van der Waals surface area contributed by atoms with Gasteiger partial charge >= 0.3 is 5.97 Å². The molecule has 0 bridgehead atoms. The number of ketones is 1. The number of carbonyl (C=O) groups excluding carboxylic acids is 3. The normalized spacial score (nSPS) is 13.3. The number of rotatable bonds is 9. The third-order valence-electron chi connectivity index (χ3n) is 3.36. The zero-order valence-electron chi connectivity index (χ0n) is 13.2. The molecule has 23 heavy (non-hydrogen) atoms. The van der Waals surface area contributed by atoms with Gasteiger partial charge in [0.05, 0.1) is 6.61 Å². The molecule has 6 nitrogen and oxygen atoms in total. The Bertz CT molecular complexity index is 563. The average Bonchev–Trinajstić information content (AvgIpc) is 3.34. The molecular weight excluding hydrogens is 298 g/mol. The maximum Gasteiger partial charge on any atom is 0.306 e. The smallest absolute Gasteiger partial charge is 0.306 e. The van der Waals surface area contributed by atoms with E-state index in [4.69, 9.17) is 9.47 Å². The third kappa shape index (κ3) is 6.50. The first kappa shape index (κ1) is 17.0. The van der Waals surface area contributed by atoms with Gasteiger partial charge in [-0.25, -0.2) is 0 Å². The van der Waals surface area contributed by atoms with Crippen molar-refractivity contribution >= 4 is 17.7 Å². The molecule has 124 valence electrons. The zero-order valence-corrected chi connectivity index (χ0v) is 13.2. The quantitative estimate of drug-likeness (QED) is 0.427. The molecule has 0 spiro atoms. The van der Waals surface area contributed by atoms with Crippen LogP contribution in [-0.4, -0.2) is 36.9 Å². The van der Waals surface area contributed by atoms with Crippen molar-refractivity contribution in [2.75, 3.05) is 13.2 Å². The molecule has 0 atom stereocenters. The highest BCUT2D eigenvalue weighted by atomic mass is 16.5. The van der Waals surface area contributed by atoms with Gasteiger partial charge in [-0.2, -0.15) is 0 Å². The summed E-state index contributed by atoms with van der Waals surface area (Å²) in [5.41, 5.74) is 0.630. The van der Waals surface area contributed by atoms with Crippen LogP contribution < -0.4 is 10.1 Å². The molecule has 1 aromatic carbocycles. The second kappa shape index (κ2) is 8.31. The summed E-state index contributed by atoms with van der Waals surface area (Å²) < 4.78 is 10.4. The van der Waals surface area contributed by atoms with E-state index in [2.05, 4.69) is 5.32 Å². The van der Waals surface area contributed by atoms with Gasteiger partial charge in [-0.1, -0.05) is 0 Å². The SMILES string of the molecule is CC(=O)c1ccc(OCCCC(=O)OCC(=O)NC2CC2)cc1. The van der Waals surface area contributed by atoms with E-state index in [-0.39, 0.29) is 30.8 Å². The van der Waals surface area contributed by atoms with Crippen LogP contribution in [0.4, 0.5) is 0 Å². The van der Waals surface area contributed by atoms with E-state index in [0.717, 1.165) is 12.8 Å². The summed E-state index contributed by atoms with van der Waals surface area (Å²) in [6.45, 7) is 1.65. The van der Waals surface area contributed by atoms with Crippen LogP contribution in [0.2, 0.25) is 0 Å². The van der Waals surface area contributed by atoms with Gasteiger partial charge in [0.25, 0.3) is 5.91 Å². The van der Waals surface area contributed by atoms with E-state index in [1.807, 2.05) is 0 Å². The Labute approximate surface area is 135 Å². The van der Waals surface area contributed by atoms with Crippen molar-refractivity contribution in [3.63, 3.8) is 0 Å². The molecule has 0 radical (unpaired) electrons. The van der Waals surface area contributed by atoms with Crippen molar-refractivity contribution in [2.24, 2.45) is 0 Å². The van der Waals surface area contributed by atoms with Gasteiger partial charge < -0.3 is 14.8 Å². The summed E-state index contributed by atoms with van der Waals surface area (Å²) in [5.74, 6) is -0.00803. The number of Topliss-reactive ketones (excluding diaryl/α,β-unsaturated/α-hetero) is 1. The van der Waals surface area contributed by atoms with Crippen molar-refractivity contribution in [2.45, 2.75) is 38.6 Å². The molecule has 1 aliphatic carbocycles. The molecular formula is C17H21NO5. The van der Waals surface area contributed by atoms with Crippen LogP contribution in [0.3, 0.4) is 0 Å². The Hall–Kier alpha value is -2.37. The largest absolute Gasteiger partial charge is 0.494 e. The standard InChI is InChI=1S/C17H21NO5/c1-12(19)13-4-8-15(9-5-13)22-10-2-3-17(21)23-11-16(20)18-14-6-7-14/h4-5,8-9,14H,2-3,6-7,10-11H2,1H3,(H,18,20). The number of hydrogen-bond acceptors (Lipinski definition) is 5. The molecule has 1 aliphatic rings. The van der Waals surface area contributed by atoms with Crippen LogP contribution >= 0.6 is 0 Å². The van der Waals surface area contributed by atoms with Gasteiger partial charge in [-0.15, -0.1) is 0 Å². The van der Waals surface area contributed by atoms with Crippen molar-refractivity contribution in [1.82, 2.24) is 5.32 Å². The second-order valence-corrected chi connectivity index (χ2v) is 5.54. The number of nitrogens with one attached hydrogen (secondary N) is 1. The molecule has 0 saturated heterocycles. The minimum absolute atomic E-state index is 0.00465. The van der Waals surface area contributed by atoms with Crippen LogP contribution in [0.15, 0.2) is 24.3 Å². The Balaban J connectivity index is 1.56. The third-order valence-corrected chi connectivity index (χ3v) is 3.36. The monoisotopic (exact) mass is 319 g/mol. The van der Waals surface area contributed by atoms with Crippen molar-refractivity contribution in [1.29, 1.82) is 0 Å². The van der Waals surface area contributed by atoms with Gasteiger partial charge in [0, 0.05) is 18.0 Å². The predicted molar refractivity (Wildman–Crippen MR) is 83.3 cm³/mol. The maximum atomic E-state index is 11.5. The molecule has 2 rings (SSSR count). The topological polar surface area (TPSA) is 81.7 Å². The zero-order chi connectivity index (χ0) is 16.7. The summed E-state index contributed by atoms with van der Waals surface area (Å²) in [6, 6.07) is 7.10. The van der Waals surface area contributed by atoms with Gasteiger partial charge in [0.1, 0.15) is 5.75 Å². The van der Waals surface area contributed by atoms with Crippen molar-refractivity contribution in [3.05, 3.63) is 29.8 Å². The second-order valence-electron chi connectivity index (χ2n) is 5.54. The highest BCUT2D eigenvalue weighted by molar-refractivity contribution is 5.94. The predicted octanol–water partition coefficient (Wildman–Crippen LogP) is 1.87. The molecule has 1 N–H and O–H groups in total. The number of ether oxygens (including phenoxy) is 2. The molecule has 0 aliphatic heterocycles. The Morgan fingerprint density at radius 1 is 1.17 bits per heavy atom. The Kier molecular flexibility index (Phi) is 6.14. The molecule has 1 fully saturated rings. The minimum Gasteiger partial charge on any atom is -0.494 e. The summed E-state index contributed by atoms with van der Waals surface area (Å²) >= 11 is 0. The highest BCUT2D eigenvalue weighted by Crippen LogP contribution is 2.18. The van der Waals surface area contributed by atoms with E-state index in [0.29, 0.717) is 24.3 Å². The van der Waals surface area contributed by atoms with Gasteiger partial charge in [-0.3, -0.25) is 14.4 Å². The molecule has 1 saturated carbocycles. The fourth-order valence-electron chi connectivity index (χ4n) is 1.91. The van der Waals surface area contributed by atoms with Gasteiger partial charge in [0.2, 0.25) is 0 Å². The lowest BCUT2D eigenvalue weighted by Crippen LogP contribution is -2.30. The summed E-state index contributed by atoms with van der Waals surface area (Å²) in [4.78, 5) is 34.0. The summed E-state index contributed by atoms with van der Waals surface area (Å²) in [7, 11) is 0. The first-order valence-electron chi connectivity index (χ1n) is 7.73. The fraction of sp³-hybridized carbons (Fsp3) is 0.471. The van der Waals surface area contributed by atoms with E-state index in [9.17, 15) is 14.4 Å². The van der Waals surface area contributed by atoms with E-state index >= 15 is 0 Å². The van der Waals surface area contributed by atoms with E-state index in [1.165, 1.54) is 6.92 Å². The Morgan fingerprint density at radius 2 is 1.87 bits per heavy atom. The molecule has 1 amide bonds. The lowest BCUT2D eigenvalue weighted by Gasteiger charge is -2.07. The fourth-order valence-corrected chi connectivity index (χ4v) is 1.91. The average molecular weight is 319 g/mol. The molecule has 0 aromatic heterocycles. The molecule has 0 heterocycles. The van der Waals surface area contributed by atoms with Gasteiger partial charge in [0.15, 0.2) is 12.4 Å².